The Hall–Kier alpha value is -3.85. The summed E-state index contributed by atoms with van der Waals surface area (Å²) in [6.07, 6.45) is 2.64. The SMILES string of the molecule is CCOc1ccc(C(=O)Nn2cnc3c(cnn3-c3cccc(Cl)c3)c2=O)cc1OCC. The molecule has 9 nitrogen and oxygen atoms in total. The summed E-state index contributed by atoms with van der Waals surface area (Å²) >= 11 is 6.05. The highest BCUT2D eigenvalue weighted by Crippen LogP contribution is 2.28. The van der Waals surface area contributed by atoms with E-state index < -0.39 is 11.5 Å². The summed E-state index contributed by atoms with van der Waals surface area (Å²) in [6.45, 7) is 4.59. The highest BCUT2D eigenvalue weighted by atomic mass is 35.5. The number of carbonyl (C=O) groups excluding carboxylic acids is 1. The van der Waals surface area contributed by atoms with Gasteiger partial charge in [-0.15, -0.1) is 0 Å². The van der Waals surface area contributed by atoms with Gasteiger partial charge in [0.25, 0.3) is 11.5 Å². The van der Waals surface area contributed by atoms with Gasteiger partial charge in [-0.2, -0.15) is 5.10 Å². The zero-order valence-electron chi connectivity index (χ0n) is 17.4. The van der Waals surface area contributed by atoms with E-state index in [0.29, 0.717) is 46.6 Å². The van der Waals surface area contributed by atoms with E-state index in [0.717, 1.165) is 4.68 Å². The highest BCUT2D eigenvalue weighted by molar-refractivity contribution is 6.30. The van der Waals surface area contributed by atoms with Gasteiger partial charge in [0.05, 0.1) is 25.1 Å². The third-order valence-corrected chi connectivity index (χ3v) is 4.80. The summed E-state index contributed by atoms with van der Waals surface area (Å²) < 4.78 is 13.6. The topological polar surface area (TPSA) is 100 Å². The summed E-state index contributed by atoms with van der Waals surface area (Å²) in [5.41, 5.74) is 3.40. The predicted octanol–water partition coefficient (Wildman–Crippen LogP) is 3.42. The second kappa shape index (κ2) is 9.11. The van der Waals surface area contributed by atoms with Gasteiger partial charge in [0.2, 0.25) is 0 Å². The first-order valence-corrected chi connectivity index (χ1v) is 10.3. The largest absolute Gasteiger partial charge is 0.490 e. The van der Waals surface area contributed by atoms with Crippen LogP contribution in [-0.4, -0.2) is 38.6 Å². The fraction of sp³-hybridized carbons (Fsp3) is 0.182. The van der Waals surface area contributed by atoms with Crippen molar-refractivity contribution in [1.29, 1.82) is 0 Å². The third kappa shape index (κ3) is 4.15. The first-order valence-electron chi connectivity index (χ1n) is 9.94. The van der Waals surface area contributed by atoms with Gasteiger partial charge in [-0.25, -0.2) is 14.3 Å². The van der Waals surface area contributed by atoms with Gasteiger partial charge >= 0.3 is 0 Å². The number of benzene rings is 2. The molecule has 4 aromatic rings. The number of hydrogen-bond donors (Lipinski definition) is 1. The molecule has 0 saturated carbocycles. The Bertz CT molecular complexity index is 1350. The molecule has 2 aromatic heterocycles. The molecule has 4 rings (SSSR count). The second-order valence-electron chi connectivity index (χ2n) is 6.66. The van der Waals surface area contributed by atoms with Crippen molar-refractivity contribution in [1.82, 2.24) is 19.4 Å². The fourth-order valence-electron chi connectivity index (χ4n) is 3.15. The van der Waals surface area contributed by atoms with Crippen LogP contribution in [0.3, 0.4) is 0 Å². The Kier molecular flexibility index (Phi) is 6.09. The van der Waals surface area contributed by atoms with Crippen molar-refractivity contribution in [2.75, 3.05) is 18.6 Å². The van der Waals surface area contributed by atoms with E-state index in [2.05, 4.69) is 15.5 Å². The number of aromatic nitrogens is 4. The maximum absolute atomic E-state index is 12.9. The second-order valence-corrected chi connectivity index (χ2v) is 7.10. The van der Waals surface area contributed by atoms with Crippen LogP contribution in [0.2, 0.25) is 5.02 Å². The number of carbonyl (C=O) groups is 1. The quantitative estimate of drug-likeness (QED) is 0.460. The Morgan fingerprint density at radius 1 is 1.09 bits per heavy atom. The Morgan fingerprint density at radius 3 is 2.62 bits per heavy atom. The van der Waals surface area contributed by atoms with Crippen molar-refractivity contribution in [2.24, 2.45) is 0 Å². The lowest BCUT2D eigenvalue weighted by molar-refractivity contribution is 0.101. The lowest BCUT2D eigenvalue weighted by Gasteiger charge is -2.13. The highest BCUT2D eigenvalue weighted by Gasteiger charge is 2.15. The monoisotopic (exact) mass is 453 g/mol. The molecule has 2 aromatic carbocycles. The summed E-state index contributed by atoms with van der Waals surface area (Å²) in [7, 11) is 0. The molecule has 0 aliphatic carbocycles. The third-order valence-electron chi connectivity index (χ3n) is 4.57. The standard InChI is InChI=1S/C22H20ClN5O4/c1-3-31-18-9-8-14(10-19(18)32-4-2)21(29)26-27-13-24-20-17(22(27)30)12-25-28(20)16-7-5-6-15(23)11-16/h5-13H,3-4H2,1-2H3,(H,26,29). The van der Waals surface area contributed by atoms with Crippen LogP contribution >= 0.6 is 11.6 Å². The van der Waals surface area contributed by atoms with E-state index in [1.807, 2.05) is 13.8 Å². The minimum atomic E-state index is -0.500. The summed E-state index contributed by atoms with van der Waals surface area (Å²) in [6, 6.07) is 11.8. The van der Waals surface area contributed by atoms with Crippen LogP contribution in [0.5, 0.6) is 11.5 Å². The molecule has 0 atom stereocenters. The van der Waals surface area contributed by atoms with Gasteiger partial charge in [-0.05, 0) is 50.2 Å². The number of halogens is 1. The van der Waals surface area contributed by atoms with Crippen molar-refractivity contribution in [3.63, 3.8) is 0 Å². The van der Waals surface area contributed by atoms with Crippen LogP contribution in [0.1, 0.15) is 24.2 Å². The lowest BCUT2D eigenvalue weighted by Crippen LogP contribution is -2.33. The average Bonchev–Trinajstić information content (AvgIpc) is 3.22. The molecule has 0 aliphatic heterocycles. The van der Waals surface area contributed by atoms with E-state index >= 15 is 0 Å². The molecule has 32 heavy (non-hydrogen) atoms. The van der Waals surface area contributed by atoms with Gasteiger partial charge in [0.15, 0.2) is 17.1 Å². The van der Waals surface area contributed by atoms with Crippen LogP contribution < -0.4 is 20.5 Å². The van der Waals surface area contributed by atoms with Crippen molar-refractivity contribution >= 4 is 28.5 Å². The van der Waals surface area contributed by atoms with E-state index in [1.54, 1.807) is 42.5 Å². The van der Waals surface area contributed by atoms with Gasteiger partial charge in [-0.3, -0.25) is 15.0 Å². The molecule has 0 saturated heterocycles. The summed E-state index contributed by atoms with van der Waals surface area (Å²) in [5.74, 6) is 0.491. The lowest BCUT2D eigenvalue weighted by atomic mass is 10.2. The molecule has 2 heterocycles. The Labute approximate surface area is 188 Å². The molecule has 164 valence electrons. The maximum atomic E-state index is 12.9. The van der Waals surface area contributed by atoms with E-state index in [9.17, 15) is 9.59 Å². The molecule has 0 spiro atoms. The van der Waals surface area contributed by atoms with E-state index in [4.69, 9.17) is 21.1 Å². The van der Waals surface area contributed by atoms with Gasteiger partial charge in [0.1, 0.15) is 11.7 Å². The van der Waals surface area contributed by atoms with Crippen LogP contribution in [-0.2, 0) is 0 Å². The van der Waals surface area contributed by atoms with Crippen molar-refractivity contribution in [2.45, 2.75) is 13.8 Å². The van der Waals surface area contributed by atoms with Crippen molar-refractivity contribution in [3.8, 4) is 17.2 Å². The Morgan fingerprint density at radius 2 is 1.88 bits per heavy atom. The number of fused-ring (bicyclic) bond motifs is 1. The summed E-state index contributed by atoms with van der Waals surface area (Å²) in [5, 5.41) is 5.02. The first kappa shape index (κ1) is 21.4. The molecule has 1 N–H and O–H groups in total. The van der Waals surface area contributed by atoms with Crippen molar-refractivity contribution in [3.05, 3.63) is 75.9 Å². The molecule has 0 fully saturated rings. The van der Waals surface area contributed by atoms with Crippen LogP contribution in [0.25, 0.3) is 16.7 Å². The normalized spacial score (nSPS) is 10.8. The van der Waals surface area contributed by atoms with Crippen LogP contribution in [0.15, 0.2) is 59.8 Å². The molecule has 0 bridgehead atoms. The van der Waals surface area contributed by atoms with Gasteiger partial charge in [0, 0.05) is 10.6 Å². The number of nitrogens with zero attached hydrogens (tertiary/aromatic N) is 4. The zero-order valence-corrected chi connectivity index (χ0v) is 18.2. The minimum Gasteiger partial charge on any atom is -0.490 e. The number of nitrogens with one attached hydrogen (secondary N) is 1. The number of amides is 1. The van der Waals surface area contributed by atoms with Crippen LogP contribution in [0.4, 0.5) is 0 Å². The van der Waals surface area contributed by atoms with Gasteiger partial charge in [-0.1, -0.05) is 17.7 Å². The van der Waals surface area contributed by atoms with Crippen molar-refractivity contribution < 1.29 is 14.3 Å². The number of hydrogen-bond acceptors (Lipinski definition) is 6. The maximum Gasteiger partial charge on any atom is 0.283 e. The van der Waals surface area contributed by atoms with Crippen LogP contribution in [0, 0.1) is 0 Å². The predicted molar refractivity (Wildman–Crippen MR) is 121 cm³/mol. The minimum absolute atomic E-state index is 0.245. The average molecular weight is 454 g/mol. The molecule has 0 aliphatic rings. The molecular formula is C22H20ClN5O4. The fourth-order valence-corrected chi connectivity index (χ4v) is 3.34. The summed E-state index contributed by atoms with van der Waals surface area (Å²) in [4.78, 5) is 30.0. The number of rotatable bonds is 7. The molecule has 10 heteroatoms. The Balaban J connectivity index is 1.64. The molecule has 1 amide bonds. The van der Waals surface area contributed by atoms with E-state index in [-0.39, 0.29) is 5.39 Å². The smallest absolute Gasteiger partial charge is 0.283 e. The molecule has 0 unspecified atom stereocenters. The first-order chi connectivity index (χ1) is 15.5. The zero-order chi connectivity index (χ0) is 22.7. The van der Waals surface area contributed by atoms with Gasteiger partial charge < -0.3 is 9.47 Å². The molecular weight excluding hydrogens is 434 g/mol. The number of ether oxygens (including phenoxy) is 2. The molecule has 0 radical (unpaired) electrons. The van der Waals surface area contributed by atoms with E-state index in [1.165, 1.54) is 17.2 Å².